The van der Waals surface area contributed by atoms with Gasteiger partial charge in [-0.1, -0.05) is 0 Å². The van der Waals surface area contributed by atoms with E-state index >= 15 is 0 Å². The molecule has 0 radical (unpaired) electrons. The number of hydrogen-bond donors (Lipinski definition) is 0. The van der Waals surface area contributed by atoms with E-state index in [4.69, 9.17) is 0 Å². The average Bonchev–Trinajstić information content (AvgIpc) is 2.24. The van der Waals surface area contributed by atoms with Crippen LogP contribution in [0.3, 0.4) is 0 Å². The molecule has 0 N–H and O–H groups in total. The molecule has 0 fully saturated rings. The number of halogens is 6. The molecule has 0 unspecified atom stereocenters. The second-order valence-electron chi connectivity index (χ2n) is 3.40. The van der Waals surface area contributed by atoms with Crippen LogP contribution in [0.25, 0.3) is 0 Å². The molecule has 0 spiro atoms. The van der Waals surface area contributed by atoms with Gasteiger partial charge in [-0.05, 0) is 0 Å². The zero-order chi connectivity index (χ0) is 15.9. The van der Waals surface area contributed by atoms with Gasteiger partial charge in [0, 0.05) is 12.1 Å². The standard InChI is InChI=1S/C8H2F6N2O4/c9-7(10,11)3-1-4(15(17)18)6(8(12,13)14)5(2-3)16(19)20/h1-2H. The SMILES string of the molecule is O=[N+]([O-])c1cc(C(F)(F)F)cc([N+](=O)[O-])c1C(F)(F)F. The van der Waals surface area contributed by atoms with Crippen LogP contribution in [-0.4, -0.2) is 9.85 Å². The molecule has 1 aromatic rings. The van der Waals surface area contributed by atoms with Crippen molar-refractivity contribution < 1.29 is 36.2 Å². The van der Waals surface area contributed by atoms with Crippen molar-refractivity contribution in [2.45, 2.75) is 12.4 Å². The molecule has 0 aromatic heterocycles. The molecule has 110 valence electrons. The Balaban J connectivity index is 3.83. The average molecular weight is 304 g/mol. The minimum atomic E-state index is -5.55. The Morgan fingerprint density at radius 3 is 1.35 bits per heavy atom. The fourth-order valence-corrected chi connectivity index (χ4v) is 1.35. The third-order valence-corrected chi connectivity index (χ3v) is 2.10. The third kappa shape index (κ3) is 2.95. The van der Waals surface area contributed by atoms with Crippen molar-refractivity contribution in [2.24, 2.45) is 0 Å². The highest BCUT2D eigenvalue weighted by atomic mass is 19.4. The summed E-state index contributed by atoms with van der Waals surface area (Å²) in [5.74, 6) is 0. The smallest absolute Gasteiger partial charge is 0.258 e. The fourth-order valence-electron chi connectivity index (χ4n) is 1.35. The predicted octanol–water partition coefficient (Wildman–Crippen LogP) is 3.54. The molecule has 1 rings (SSSR count). The van der Waals surface area contributed by atoms with Crippen LogP contribution in [0.5, 0.6) is 0 Å². The minimum Gasteiger partial charge on any atom is -0.258 e. The Morgan fingerprint density at radius 2 is 1.15 bits per heavy atom. The van der Waals surface area contributed by atoms with E-state index in [1.54, 1.807) is 0 Å². The molecule has 0 aliphatic heterocycles. The van der Waals surface area contributed by atoms with Gasteiger partial charge in [0.05, 0.1) is 15.4 Å². The first-order valence-electron chi connectivity index (χ1n) is 4.47. The summed E-state index contributed by atoms with van der Waals surface area (Å²) >= 11 is 0. The van der Waals surface area contributed by atoms with Gasteiger partial charge >= 0.3 is 12.4 Å². The van der Waals surface area contributed by atoms with Crippen molar-refractivity contribution in [3.63, 3.8) is 0 Å². The second-order valence-corrected chi connectivity index (χ2v) is 3.40. The lowest BCUT2D eigenvalue weighted by atomic mass is 10.1. The first-order chi connectivity index (χ1) is 8.85. The van der Waals surface area contributed by atoms with Gasteiger partial charge in [-0.25, -0.2) is 0 Å². The lowest BCUT2D eigenvalue weighted by Gasteiger charge is -2.11. The van der Waals surface area contributed by atoms with Gasteiger partial charge in [-0.2, -0.15) is 26.3 Å². The summed E-state index contributed by atoms with van der Waals surface area (Å²) < 4.78 is 74.8. The van der Waals surface area contributed by atoms with Gasteiger partial charge < -0.3 is 0 Å². The zero-order valence-corrected chi connectivity index (χ0v) is 8.95. The van der Waals surface area contributed by atoms with Crippen LogP contribution in [-0.2, 0) is 12.4 Å². The summed E-state index contributed by atoms with van der Waals surface area (Å²) in [6.07, 6.45) is -10.8. The molecular weight excluding hydrogens is 302 g/mol. The van der Waals surface area contributed by atoms with E-state index in [9.17, 15) is 46.6 Å². The van der Waals surface area contributed by atoms with Gasteiger partial charge in [0.2, 0.25) is 5.56 Å². The molecule has 0 aliphatic carbocycles. The van der Waals surface area contributed by atoms with E-state index in [0.29, 0.717) is 0 Å². The van der Waals surface area contributed by atoms with Crippen molar-refractivity contribution in [1.29, 1.82) is 0 Å². The highest BCUT2D eigenvalue weighted by Gasteiger charge is 2.48. The van der Waals surface area contributed by atoms with Crippen molar-refractivity contribution in [3.05, 3.63) is 43.5 Å². The van der Waals surface area contributed by atoms with E-state index in [2.05, 4.69) is 0 Å². The van der Waals surface area contributed by atoms with Crippen LogP contribution in [0.15, 0.2) is 12.1 Å². The molecule has 0 atom stereocenters. The maximum atomic E-state index is 12.6. The molecule has 0 amide bonds. The quantitative estimate of drug-likeness (QED) is 0.475. The molecular formula is C8H2F6N2O4. The molecule has 0 aliphatic rings. The van der Waals surface area contributed by atoms with Crippen molar-refractivity contribution >= 4 is 11.4 Å². The molecule has 0 bridgehead atoms. The number of nitrogens with zero attached hydrogens (tertiary/aromatic N) is 2. The summed E-state index contributed by atoms with van der Waals surface area (Å²) in [5, 5.41) is 20.9. The number of hydrogen-bond acceptors (Lipinski definition) is 4. The first kappa shape index (κ1) is 15.7. The van der Waals surface area contributed by atoms with Gasteiger partial charge in [0.15, 0.2) is 0 Å². The fraction of sp³-hybridized carbons (Fsp3) is 0.250. The van der Waals surface area contributed by atoms with Gasteiger partial charge in [0.1, 0.15) is 0 Å². The minimum absolute atomic E-state index is 0.393. The van der Waals surface area contributed by atoms with Crippen LogP contribution in [0.4, 0.5) is 37.7 Å². The van der Waals surface area contributed by atoms with Crippen LogP contribution < -0.4 is 0 Å². The van der Waals surface area contributed by atoms with Crippen LogP contribution in [0.2, 0.25) is 0 Å². The zero-order valence-electron chi connectivity index (χ0n) is 8.95. The van der Waals surface area contributed by atoms with E-state index in [0.717, 1.165) is 0 Å². The van der Waals surface area contributed by atoms with Crippen molar-refractivity contribution in [1.82, 2.24) is 0 Å². The number of nitro benzene ring substituents is 2. The maximum absolute atomic E-state index is 12.6. The first-order valence-corrected chi connectivity index (χ1v) is 4.47. The largest absolute Gasteiger partial charge is 0.429 e. The Kier molecular flexibility index (Phi) is 3.61. The lowest BCUT2D eigenvalue weighted by Crippen LogP contribution is -2.15. The van der Waals surface area contributed by atoms with Crippen molar-refractivity contribution in [3.8, 4) is 0 Å². The summed E-state index contributed by atoms with van der Waals surface area (Å²) in [4.78, 5) is 17.4. The summed E-state index contributed by atoms with van der Waals surface area (Å²) in [5.41, 5.74) is -8.30. The maximum Gasteiger partial charge on any atom is 0.429 e. The summed E-state index contributed by atoms with van der Waals surface area (Å²) in [7, 11) is 0. The van der Waals surface area contributed by atoms with Crippen LogP contribution in [0.1, 0.15) is 11.1 Å². The van der Waals surface area contributed by atoms with Crippen molar-refractivity contribution in [2.75, 3.05) is 0 Å². The highest BCUT2D eigenvalue weighted by Crippen LogP contribution is 2.45. The lowest BCUT2D eigenvalue weighted by molar-refractivity contribution is -0.400. The van der Waals surface area contributed by atoms with Gasteiger partial charge in [0.25, 0.3) is 11.4 Å². The number of benzene rings is 1. The van der Waals surface area contributed by atoms with Crippen LogP contribution in [0, 0.1) is 20.2 Å². The predicted molar refractivity (Wildman–Crippen MR) is 49.8 cm³/mol. The number of rotatable bonds is 2. The van der Waals surface area contributed by atoms with Gasteiger partial charge in [-0.15, -0.1) is 0 Å². The Morgan fingerprint density at radius 1 is 0.800 bits per heavy atom. The molecule has 6 nitrogen and oxygen atoms in total. The summed E-state index contributed by atoms with van der Waals surface area (Å²) in [6, 6.07) is -0.786. The Hall–Kier alpha value is -2.40. The van der Waals surface area contributed by atoms with E-state index in [-0.39, 0.29) is 0 Å². The van der Waals surface area contributed by atoms with Gasteiger partial charge in [-0.3, -0.25) is 20.2 Å². The molecule has 20 heavy (non-hydrogen) atoms. The highest BCUT2D eigenvalue weighted by molar-refractivity contribution is 5.58. The number of alkyl halides is 6. The molecule has 0 saturated heterocycles. The Bertz CT molecular complexity index is 544. The van der Waals surface area contributed by atoms with Crippen LogP contribution >= 0.6 is 0 Å². The van der Waals surface area contributed by atoms with E-state index < -0.39 is 56.8 Å². The topological polar surface area (TPSA) is 86.3 Å². The normalized spacial score (nSPS) is 12.3. The van der Waals surface area contributed by atoms with E-state index in [1.807, 2.05) is 0 Å². The molecule has 1 aromatic carbocycles. The molecule has 0 saturated carbocycles. The second kappa shape index (κ2) is 4.61. The monoisotopic (exact) mass is 304 g/mol. The molecule has 0 heterocycles. The summed E-state index contributed by atoms with van der Waals surface area (Å²) in [6.45, 7) is 0. The molecule has 12 heteroatoms. The third-order valence-electron chi connectivity index (χ3n) is 2.10. The van der Waals surface area contributed by atoms with E-state index in [1.165, 1.54) is 0 Å². The number of nitro groups is 2. The Labute approximate surface area is 104 Å².